The van der Waals surface area contributed by atoms with Gasteiger partial charge in [0.15, 0.2) is 0 Å². The smallest absolute Gasteiger partial charge is 0.245 e. The quantitative estimate of drug-likeness (QED) is 0.653. The van der Waals surface area contributed by atoms with Crippen molar-refractivity contribution in [2.75, 3.05) is 0 Å². The Kier molecular flexibility index (Phi) is 4.90. The third-order valence-electron chi connectivity index (χ3n) is 2.61. The molecule has 0 radical (unpaired) electrons. The predicted molar refractivity (Wildman–Crippen MR) is 54.4 cm³/mol. The molecule has 0 aliphatic heterocycles. The van der Waals surface area contributed by atoms with E-state index < -0.39 is 0 Å². The van der Waals surface area contributed by atoms with Crippen molar-refractivity contribution >= 4 is 5.91 Å². The first-order valence-corrected chi connectivity index (χ1v) is 5.42. The molecule has 1 atom stereocenters. The van der Waals surface area contributed by atoms with Crippen molar-refractivity contribution in [1.82, 2.24) is 5.48 Å². The van der Waals surface area contributed by atoms with Gasteiger partial charge in [-0.05, 0) is 19.3 Å². The Morgan fingerprint density at radius 3 is 2.79 bits per heavy atom. The number of carbonyl (C=O) groups excluding carboxylic acids is 1. The fraction of sp³-hybridized carbons (Fsp3) is 0.900. The maximum Gasteiger partial charge on any atom is 0.245 e. The van der Waals surface area contributed by atoms with E-state index in [-0.39, 0.29) is 18.1 Å². The van der Waals surface area contributed by atoms with Crippen LogP contribution in [0.25, 0.3) is 0 Å². The molecule has 0 aromatic carbocycles. The number of hydrogen-bond donors (Lipinski definition) is 2. The van der Waals surface area contributed by atoms with Gasteiger partial charge in [0, 0.05) is 12.5 Å². The summed E-state index contributed by atoms with van der Waals surface area (Å²) in [6.07, 6.45) is 5.90. The largest absolute Gasteiger partial charge is 0.327 e. The van der Waals surface area contributed by atoms with Crippen molar-refractivity contribution in [2.45, 2.75) is 57.6 Å². The van der Waals surface area contributed by atoms with E-state index in [1.54, 1.807) is 0 Å². The van der Waals surface area contributed by atoms with E-state index in [2.05, 4.69) is 5.48 Å². The number of nitrogens with two attached hydrogens (primary N) is 1. The maximum absolute atomic E-state index is 11.3. The van der Waals surface area contributed by atoms with Crippen LogP contribution in [0.4, 0.5) is 0 Å². The lowest BCUT2D eigenvalue weighted by molar-refractivity contribution is -0.138. The second kappa shape index (κ2) is 5.98. The zero-order valence-corrected chi connectivity index (χ0v) is 8.79. The predicted octanol–water partition coefficient (Wildman–Crippen LogP) is 1.10. The van der Waals surface area contributed by atoms with Crippen LogP contribution in [0.5, 0.6) is 0 Å². The number of amides is 1. The third kappa shape index (κ3) is 4.07. The molecule has 0 saturated heterocycles. The molecule has 4 nitrogen and oxygen atoms in total. The summed E-state index contributed by atoms with van der Waals surface area (Å²) in [6, 6.07) is -0.0535. The molecule has 82 valence electrons. The van der Waals surface area contributed by atoms with Crippen LogP contribution in [0, 0.1) is 0 Å². The summed E-state index contributed by atoms with van der Waals surface area (Å²) < 4.78 is 0. The zero-order valence-electron chi connectivity index (χ0n) is 8.79. The monoisotopic (exact) mass is 200 g/mol. The molecule has 0 heterocycles. The second-order valence-corrected chi connectivity index (χ2v) is 3.92. The third-order valence-corrected chi connectivity index (χ3v) is 2.61. The van der Waals surface area contributed by atoms with Crippen LogP contribution in [-0.2, 0) is 9.63 Å². The minimum atomic E-state index is -0.105. The highest BCUT2D eigenvalue weighted by Gasteiger charge is 2.17. The highest BCUT2D eigenvalue weighted by atomic mass is 16.7. The molecule has 1 fully saturated rings. The van der Waals surface area contributed by atoms with Crippen LogP contribution < -0.4 is 11.2 Å². The summed E-state index contributed by atoms with van der Waals surface area (Å²) in [7, 11) is 0. The van der Waals surface area contributed by atoms with E-state index >= 15 is 0 Å². The highest BCUT2D eigenvalue weighted by molar-refractivity contribution is 5.75. The molecule has 4 heteroatoms. The molecule has 14 heavy (non-hydrogen) atoms. The molecule has 0 aromatic heterocycles. The maximum atomic E-state index is 11.3. The summed E-state index contributed by atoms with van der Waals surface area (Å²) in [5, 5.41) is 0. The van der Waals surface area contributed by atoms with Gasteiger partial charge in [-0.15, -0.1) is 0 Å². The number of carbonyl (C=O) groups is 1. The van der Waals surface area contributed by atoms with Crippen molar-refractivity contribution < 1.29 is 9.63 Å². The minimum Gasteiger partial charge on any atom is -0.327 e. The Labute approximate surface area is 85.1 Å². The van der Waals surface area contributed by atoms with E-state index in [0.717, 1.165) is 19.3 Å². The molecule has 1 unspecified atom stereocenters. The number of hydrogen-bond acceptors (Lipinski definition) is 3. The standard InChI is InChI=1S/C10H20N2O2/c1-2-8(11)7-10(13)12-14-9-5-3-4-6-9/h8-9H,2-7,11H2,1H3,(H,12,13). The van der Waals surface area contributed by atoms with Gasteiger partial charge in [0.25, 0.3) is 0 Å². The van der Waals surface area contributed by atoms with Crippen LogP contribution >= 0.6 is 0 Å². The van der Waals surface area contributed by atoms with Crippen molar-refractivity contribution in [3.63, 3.8) is 0 Å². The molecule has 1 rings (SSSR count). The van der Waals surface area contributed by atoms with Gasteiger partial charge < -0.3 is 5.73 Å². The number of rotatable bonds is 5. The van der Waals surface area contributed by atoms with E-state index in [1.807, 2.05) is 6.92 Å². The van der Waals surface area contributed by atoms with Crippen LogP contribution in [0.1, 0.15) is 45.4 Å². The van der Waals surface area contributed by atoms with Crippen LogP contribution in [0.2, 0.25) is 0 Å². The summed E-state index contributed by atoms with van der Waals surface area (Å²) in [5.74, 6) is -0.105. The summed E-state index contributed by atoms with van der Waals surface area (Å²) >= 11 is 0. The lowest BCUT2D eigenvalue weighted by atomic mass is 10.2. The fourth-order valence-corrected chi connectivity index (χ4v) is 1.58. The number of hydroxylamine groups is 1. The first-order valence-electron chi connectivity index (χ1n) is 5.42. The van der Waals surface area contributed by atoms with Crippen molar-refractivity contribution in [3.05, 3.63) is 0 Å². The molecule has 3 N–H and O–H groups in total. The first kappa shape index (κ1) is 11.5. The van der Waals surface area contributed by atoms with E-state index in [4.69, 9.17) is 10.6 Å². The van der Waals surface area contributed by atoms with Gasteiger partial charge in [-0.1, -0.05) is 19.8 Å². The van der Waals surface area contributed by atoms with Crippen molar-refractivity contribution in [2.24, 2.45) is 5.73 Å². The van der Waals surface area contributed by atoms with Crippen molar-refractivity contribution in [3.8, 4) is 0 Å². The molecule has 1 aliphatic carbocycles. The van der Waals surface area contributed by atoms with Crippen LogP contribution in [-0.4, -0.2) is 18.1 Å². The van der Waals surface area contributed by atoms with Crippen LogP contribution in [0.3, 0.4) is 0 Å². The summed E-state index contributed by atoms with van der Waals surface area (Å²) in [4.78, 5) is 16.5. The molecule has 0 spiro atoms. The van der Waals surface area contributed by atoms with Crippen molar-refractivity contribution in [1.29, 1.82) is 0 Å². The normalized spacial score (nSPS) is 19.6. The Bertz CT molecular complexity index is 179. The van der Waals surface area contributed by atoms with Gasteiger partial charge >= 0.3 is 0 Å². The summed E-state index contributed by atoms with van der Waals surface area (Å²) in [5.41, 5.74) is 8.11. The summed E-state index contributed by atoms with van der Waals surface area (Å²) in [6.45, 7) is 1.97. The Morgan fingerprint density at radius 2 is 2.21 bits per heavy atom. The Balaban J connectivity index is 2.08. The molecule has 1 amide bonds. The number of nitrogens with one attached hydrogen (secondary N) is 1. The molecule has 1 aliphatic rings. The Hall–Kier alpha value is -0.610. The van der Waals surface area contributed by atoms with Gasteiger partial charge in [0.1, 0.15) is 0 Å². The lowest BCUT2D eigenvalue weighted by Crippen LogP contribution is -2.33. The SMILES string of the molecule is CCC(N)CC(=O)NOC1CCCC1. The molecule has 0 bridgehead atoms. The topological polar surface area (TPSA) is 64.4 Å². The van der Waals surface area contributed by atoms with Gasteiger partial charge in [0.2, 0.25) is 5.91 Å². The molecule has 0 aromatic rings. The minimum absolute atomic E-state index is 0.0535. The highest BCUT2D eigenvalue weighted by Crippen LogP contribution is 2.19. The second-order valence-electron chi connectivity index (χ2n) is 3.92. The lowest BCUT2D eigenvalue weighted by Gasteiger charge is -2.13. The molecule has 1 saturated carbocycles. The van der Waals surface area contributed by atoms with Gasteiger partial charge in [-0.3, -0.25) is 9.63 Å². The molecular weight excluding hydrogens is 180 g/mol. The van der Waals surface area contributed by atoms with E-state index in [9.17, 15) is 4.79 Å². The van der Waals surface area contributed by atoms with Gasteiger partial charge in [0.05, 0.1) is 6.10 Å². The first-order chi connectivity index (χ1) is 6.72. The zero-order chi connectivity index (χ0) is 10.4. The van der Waals surface area contributed by atoms with E-state index in [0.29, 0.717) is 6.42 Å². The van der Waals surface area contributed by atoms with E-state index in [1.165, 1.54) is 12.8 Å². The Morgan fingerprint density at radius 1 is 1.57 bits per heavy atom. The average molecular weight is 200 g/mol. The van der Waals surface area contributed by atoms with Gasteiger partial charge in [-0.25, -0.2) is 5.48 Å². The fourth-order valence-electron chi connectivity index (χ4n) is 1.58. The van der Waals surface area contributed by atoms with Crippen LogP contribution in [0.15, 0.2) is 0 Å². The molecular formula is C10H20N2O2. The van der Waals surface area contributed by atoms with Gasteiger partial charge in [-0.2, -0.15) is 0 Å². The average Bonchev–Trinajstić information content (AvgIpc) is 2.67.